The molecule has 67 valence electrons. The third-order valence-corrected chi connectivity index (χ3v) is 4.63. The van der Waals surface area contributed by atoms with Crippen molar-refractivity contribution >= 4 is 0 Å². The van der Waals surface area contributed by atoms with Crippen LogP contribution >= 0.6 is 0 Å². The second kappa shape index (κ2) is 6.33. The van der Waals surface area contributed by atoms with Gasteiger partial charge in [0.25, 0.3) is 0 Å². The van der Waals surface area contributed by atoms with E-state index in [1.165, 1.54) is 5.57 Å². The van der Waals surface area contributed by atoms with Gasteiger partial charge in [-0.1, -0.05) is 0 Å². The molecule has 1 atom stereocenters. The van der Waals surface area contributed by atoms with E-state index < -0.39 is 0 Å². The minimum atomic E-state index is 0. The van der Waals surface area contributed by atoms with E-state index in [4.69, 9.17) is 0 Å². The van der Waals surface area contributed by atoms with E-state index in [1.807, 2.05) is 0 Å². The molecule has 0 aromatic rings. The van der Waals surface area contributed by atoms with Gasteiger partial charge in [0.1, 0.15) is 0 Å². The van der Waals surface area contributed by atoms with Gasteiger partial charge in [0.15, 0.2) is 0 Å². The van der Waals surface area contributed by atoms with E-state index >= 15 is 0 Å². The average molecular weight is 466 g/mol. The molecule has 0 heterocycles. The fourth-order valence-corrected chi connectivity index (χ4v) is 2.36. The summed E-state index contributed by atoms with van der Waals surface area (Å²) in [5.74, 6) is 0.734. The molecule has 3 heteroatoms. The van der Waals surface area contributed by atoms with E-state index in [0.29, 0.717) is 0 Å². The van der Waals surface area contributed by atoms with Gasteiger partial charge in [0.2, 0.25) is 0 Å². The summed E-state index contributed by atoms with van der Waals surface area (Å²) in [7, 11) is 0. The Balaban J connectivity index is 0. The summed E-state index contributed by atoms with van der Waals surface area (Å²) in [6, 6.07) is 0. The second-order valence-corrected chi connectivity index (χ2v) is 4.39. The van der Waals surface area contributed by atoms with Crippen molar-refractivity contribution in [3.63, 3.8) is 0 Å². The zero-order chi connectivity index (χ0) is 7.89. The summed E-state index contributed by atoms with van der Waals surface area (Å²) in [5.41, 5.74) is 4.65. The molecule has 0 bridgehead atoms. The minimum Gasteiger partial charge on any atom is -1.00 e. The molecule has 1 rings (SSSR count). The Labute approximate surface area is 125 Å². The number of rotatable bonds is 0. The SMILES string of the molecule is CC1=C(C)C(C)[C]([Zr+2])=C1C.[I-].[I-]. The topological polar surface area (TPSA) is 0 Å². The standard InChI is InChI=1S/C9H13.2HI.Zr/c1-6-5-7(2)9(4)8(6)3;;;/h6H,1-4H3;2*1H;/q;;;+2/p-2. The van der Waals surface area contributed by atoms with Crippen molar-refractivity contribution in [1.82, 2.24) is 0 Å². The molecule has 0 radical (unpaired) electrons. The van der Waals surface area contributed by atoms with Gasteiger partial charge in [0.05, 0.1) is 0 Å². The van der Waals surface area contributed by atoms with Crippen molar-refractivity contribution < 1.29 is 72.7 Å². The third kappa shape index (κ3) is 2.91. The van der Waals surface area contributed by atoms with Crippen LogP contribution in [0.1, 0.15) is 27.7 Å². The van der Waals surface area contributed by atoms with Crippen LogP contribution in [-0.4, -0.2) is 0 Å². The van der Waals surface area contributed by atoms with Crippen LogP contribution in [0.25, 0.3) is 0 Å². The predicted octanol–water partition coefficient (Wildman–Crippen LogP) is -3.20. The number of halogens is 2. The summed E-state index contributed by atoms with van der Waals surface area (Å²) in [6.45, 7) is 9.03. The van der Waals surface area contributed by atoms with Crippen LogP contribution in [-0.2, 0) is 24.7 Å². The number of allylic oxidation sites excluding steroid dienone is 4. The summed E-state index contributed by atoms with van der Waals surface area (Å²) in [5, 5.41) is 0. The summed E-state index contributed by atoms with van der Waals surface area (Å²) in [4.78, 5) is 0. The van der Waals surface area contributed by atoms with Crippen molar-refractivity contribution in [2.75, 3.05) is 0 Å². The van der Waals surface area contributed by atoms with Gasteiger partial charge >= 0.3 is 78.3 Å². The first-order valence-corrected chi connectivity index (χ1v) is 4.88. The van der Waals surface area contributed by atoms with Crippen molar-refractivity contribution in [1.29, 1.82) is 0 Å². The molecule has 0 spiro atoms. The second-order valence-electron chi connectivity index (χ2n) is 3.07. The summed E-state index contributed by atoms with van der Waals surface area (Å²) < 4.78 is 1.64. The minimum absolute atomic E-state index is 0. The first kappa shape index (κ1) is 16.3. The third-order valence-electron chi connectivity index (χ3n) is 2.64. The molecule has 0 saturated carbocycles. The molecule has 0 fully saturated rings. The maximum absolute atomic E-state index is 2.30. The van der Waals surface area contributed by atoms with E-state index in [9.17, 15) is 0 Å². The van der Waals surface area contributed by atoms with Crippen LogP contribution in [0.2, 0.25) is 0 Å². The van der Waals surface area contributed by atoms with Crippen LogP contribution in [0.5, 0.6) is 0 Å². The molecule has 0 amide bonds. The zero-order valence-corrected chi connectivity index (χ0v) is 14.6. The predicted molar refractivity (Wildman–Crippen MR) is 40.2 cm³/mol. The molecular weight excluding hydrogens is 453 g/mol. The van der Waals surface area contributed by atoms with Gasteiger partial charge in [0, 0.05) is 0 Å². The van der Waals surface area contributed by atoms with Gasteiger partial charge in [-0.3, -0.25) is 0 Å². The fraction of sp³-hybridized carbons (Fsp3) is 0.556. The molecule has 0 N–H and O–H groups in total. The summed E-state index contributed by atoms with van der Waals surface area (Å²) >= 11 is 1.59. The van der Waals surface area contributed by atoms with Crippen molar-refractivity contribution in [3.05, 3.63) is 20.0 Å². The average Bonchev–Trinajstić information content (AvgIpc) is 2.07. The molecule has 1 aliphatic rings. The van der Waals surface area contributed by atoms with E-state index in [-0.39, 0.29) is 48.0 Å². The maximum atomic E-state index is 2.30. The Morgan fingerprint density at radius 1 is 1.00 bits per heavy atom. The van der Waals surface area contributed by atoms with Crippen LogP contribution in [0.15, 0.2) is 20.0 Å². The largest absolute Gasteiger partial charge is 1.00 e. The van der Waals surface area contributed by atoms with E-state index in [1.54, 1.807) is 39.1 Å². The Hall–Kier alpha value is 1.82. The molecule has 0 saturated heterocycles. The zero-order valence-electron chi connectivity index (χ0n) is 7.83. The smallest absolute Gasteiger partial charge is 1.00 e. The summed E-state index contributed by atoms with van der Waals surface area (Å²) in [6.07, 6.45) is 0. The van der Waals surface area contributed by atoms with Gasteiger partial charge < -0.3 is 48.0 Å². The van der Waals surface area contributed by atoms with Crippen molar-refractivity contribution in [2.24, 2.45) is 5.92 Å². The van der Waals surface area contributed by atoms with Crippen LogP contribution in [0.4, 0.5) is 0 Å². The quantitative estimate of drug-likeness (QED) is 0.331. The number of hydrogen-bond donors (Lipinski definition) is 0. The first-order valence-electron chi connectivity index (χ1n) is 3.65. The fourth-order valence-electron chi connectivity index (χ4n) is 1.36. The van der Waals surface area contributed by atoms with Crippen LogP contribution in [0.3, 0.4) is 0 Å². The first-order chi connectivity index (χ1) is 4.55. The van der Waals surface area contributed by atoms with E-state index in [2.05, 4.69) is 27.7 Å². The monoisotopic (exact) mass is 465 g/mol. The molecule has 1 aliphatic carbocycles. The van der Waals surface area contributed by atoms with Crippen LogP contribution in [0, 0.1) is 5.92 Å². The van der Waals surface area contributed by atoms with Crippen LogP contribution < -0.4 is 48.0 Å². The Morgan fingerprint density at radius 2 is 1.42 bits per heavy atom. The molecule has 1 unspecified atom stereocenters. The normalized spacial score (nSPS) is 22.3. The van der Waals surface area contributed by atoms with Gasteiger partial charge in [-0.2, -0.15) is 0 Å². The van der Waals surface area contributed by atoms with Gasteiger partial charge in [-0.05, 0) is 0 Å². The Morgan fingerprint density at radius 3 is 1.50 bits per heavy atom. The molecular formula is C9H13I2Zr. The molecule has 0 aromatic carbocycles. The number of hydrogen-bond acceptors (Lipinski definition) is 0. The molecule has 0 aromatic heterocycles. The molecule has 0 aliphatic heterocycles. The van der Waals surface area contributed by atoms with Crippen molar-refractivity contribution in [2.45, 2.75) is 27.7 Å². The molecule has 0 nitrogen and oxygen atoms in total. The van der Waals surface area contributed by atoms with E-state index in [0.717, 1.165) is 5.92 Å². The van der Waals surface area contributed by atoms with Crippen molar-refractivity contribution in [3.8, 4) is 0 Å². The Kier molecular flexibility index (Phi) is 8.58. The Bertz CT molecular complexity index is 205. The maximum Gasteiger partial charge on any atom is -1.00 e. The van der Waals surface area contributed by atoms with Gasteiger partial charge in [-0.25, -0.2) is 0 Å². The molecule has 12 heavy (non-hydrogen) atoms. The van der Waals surface area contributed by atoms with Gasteiger partial charge in [-0.15, -0.1) is 0 Å².